The van der Waals surface area contributed by atoms with E-state index in [0.29, 0.717) is 0 Å². The zero-order valence-electron chi connectivity index (χ0n) is 8.87. The van der Waals surface area contributed by atoms with E-state index in [9.17, 15) is 0 Å². The quantitative estimate of drug-likeness (QED) is 0.546. The molecular formula is C14H12IO+. The Morgan fingerprint density at radius 2 is 1.94 bits per heavy atom. The molecule has 1 heterocycles. The molecule has 1 nitrogen and oxygen atoms in total. The van der Waals surface area contributed by atoms with E-state index >= 15 is 0 Å². The fraction of sp³-hybridized carbons (Fsp3) is 0.214. The van der Waals surface area contributed by atoms with Crippen molar-refractivity contribution < 1.29 is 4.42 Å². The van der Waals surface area contributed by atoms with E-state index in [1.165, 1.54) is 27.6 Å². The fourth-order valence-corrected chi connectivity index (χ4v) is 3.08. The molecule has 2 heteroatoms. The van der Waals surface area contributed by atoms with Gasteiger partial charge in [-0.3, -0.25) is 0 Å². The van der Waals surface area contributed by atoms with Gasteiger partial charge in [-0.2, -0.15) is 0 Å². The van der Waals surface area contributed by atoms with Crippen molar-refractivity contribution in [2.45, 2.75) is 19.3 Å². The van der Waals surface area contributed by atoms with Gasteiger partial charge in [0.25, 0.3) is 0 Å². The highest BCUT2D eigenvalue weighted by molar-refractivity contribution is 14.1. The van der Waals surface area contributed by atoms with Crippen LogP contribution < -0.4 is 0 Å². The Morgan fingerprint density at radius 3 is 2.69 bits per heavy atom. The molecular weight excluding hydrogens is 311 g/mol. The monoisotopic (exact) mass is 323 g/mol. The molecule has 0 fully saturated rings. The summed E-state index contributed by atoms with van der Waals surface area (Å²) in [5.41, 5.74) is 2.50. The first-order chi connectivity index (χ1) is 7.86. The Hall–Kier alpha value is -0.900. The maximum atomic E-state index is 5.98. The number of benzene rings is 1. The van der Waals surface area contributed by atoms with Crippen molar-refractivity contribution in [2.24, 2.45) is 0 Å². The molecule has 1 aliphatic heterocycles. The minimum Gasteiger partial charge on any atom is -0.210 e. The van der Waals surface area contributed by atoms with E-state index in [2.05, 4.69) is 52.9 Å². The van der Waals surface area contributed by atoms with E-state index in [1.807, 2.05) is 6.07 Å². The number of hydrogen-bond donors (Lipinski definition) is 0. The first kappa shape index (κ1) is 10.3. The number of rotatable bonds is 1. The lowest BCUT2D eigenvalue weighted by Gasteiger charge is -2.00. The van der Waals surface area contributed by atoms with E-state index in [4.69, 9.17) is 4.42 Å². The average molecular weight is 323 g/mol. The molecule has 16 heavy (non-hydrogen) atoms. The second-order valence-electron chi connectivity index (χ2n) is 4.04. The first-order valence-corrected chi connectivity index (χ1v) is 6.64. The molecule has 80 valence electrons. The van der Waals surface area contributed by atoms with Gasteiger partial charge in [0.15, 0.2) is 0 Å². The number of carbonyl (C=O) groups excluding carboxylic acids is 1. The molecule has 0 spiro atoms. The van der Waals surface area contributed by atoms with Crippen molar-refractivity contribution in [2.75, 3.05) is 0 Å². The number of ketones is 1. The van der Waals surface area contributed by atoms with E-state index in [0.717, 1.165) is 18.0 Å². The van der Waals surface area contributed by atoms with Gasteiger partial charge in [0.2, 0.25) is 0 Å². The maximum Gasteiger partial charge on any atom is 0.374 e. The lowest BCUT2D eigenvalue weighted by atomic mass is 9.98. The van der Waals surface area contributed by atoms with Gasteiger partial charge in [-0.25, -0.2) is 4.42 Å². The van der Waals surface area contributed by atoms with E-state index < -0.39 is 0 Å². The first-order valence-electron chi connectivity index (χ1n) is 5.56. The van der Waals surface area contributed by atoms with Crippen LogP contribution in [0.4, 0.5) is 0 Å². The molecule has 2 aliphatic rings. The second kappa shape index (κ2) is 4.17. The highest BCUT2D eigenvalue weighted by Crippen LogP contribution is 2.37. The molecule has 0 saturated carbocycles. The Balaban J connectivity index is 2.10. The van der Waals surface area contributed by atoms with E-state index in [-0.39, 0.29) is 0 Å². The number of hydrogen-bond acceptors (Lipinski definition) is 0. The standard InChI is InChI=1S/C14H12IO/c15-13-11-8-4-5-9-12(11)16-14(13)10-6-2-1-3-7-10/h1-3,6-8H,4-5,9H2/q+1. The summed E-state index contributed by atoms with van der Waals surface area (Å²) in [5.74, 6) is 2.19. The third kappa shape index (κ3) is 1.65. The molecule has 0 bridgehead atoms. The second-order valence-corrected chi connectivity index (χ2v) is 5.12. The van der Waals surface area contributed by atoms with Crippen LogP contribution in [0.15, 0.2) is 45.6 Å². The summed E-state index contributed by atoms with van der Waals surface area (Å²) in [6.45, 7) is 0. The zero-order chi connectivity index (χ0) is 11.0. The van der Waals surface area contributed by atoms with Gasteiger partial charge in [0, 0.05) is 0 Å². The lowest BCUT2D eigenvalue weighted by molar-refractivity contribution is -0.341. The van der Waals surface area contributed by atoms with Crippen LogP contribution in [0.1, 0.15) is 24.8 Å². The number of allylic oxidation sites excluding steroid dienone is 3. The van der Waals surface area contributed by atoms with Crippen LogP contribution in [-0.4, -0.2) is 5.78 Å². The lowest BCUT2D eigenvalue weighted by Crippen LogP contribution is -2.04. The molecule has 1 aliphatic carbocycles. The molecule has 1 aromatic rings. The van der Waals surface area contributed by atoms with Crippen LogP contribution >= 0.6 is 22.6 Å². The normalized spacial score (nSPS) is 19.3. The Morgan fingerprint density at radius 1 is 1.12 bits per heavy atom. The topological polar surface area (TPSA) is 11.3 Å². The van der Waals surface area contributed by atoms with Crippen molar-refractivity contribution in [3.05, 3.63) is 51.1 Å². The van der Waals surface area contributed by atoms with Gasteiger partial charge in [-0.1, -0.05) is 24.3 Å². The molecule has 0 unspecified atom stereocenters. The van der Waals surface area contributed by atoms with Crippen LogP contribution in [0.3, 0.4) is 0 Å². The molecule has 3 rings (SSSR count). The Labute approximate surface area is 109 Å². The predicted molar refractivity (Wildman–Crippen MR) is 74.3 cm³/mol. The SMILES string of the molecule is IC1=C(c2ccccc2)[O+]=C2CCCC=C21. The van der Waals surface area contributed by atoms with Gasteiger partial charge in [-0.05, 0) is 47.6 Å². The summed E-state index contributed by atoms with van der Waals surface area (Å²) < 4.78 is 7.25. The fourth-order valence-electron chi connectivity index (χ4n) is 2.14. The summed E-state index contributed by atoms with van der Waals surface area (Å²) in [6, 6.07) is 10.3. The van der Waals surface area contributed by atoms with Crippen molar-refractivity contribution in [1.82, 2.24) is 0 Å². The molecule has 0 radical (unpaired) electrons. The smallest absolute Gasteiger partial charge is 0.210 e. The van der Waals surface area contributed by atoms with Crippen molar-refractivity contribution in [3.63, 3.8) is 0 Å². The van der Waals surface area contributed by atoms with Crippen molar-refractivity contribution in [3.8, 4) is 0 Å². The van der Waals surface area contributed by atoms with Gasteiger partial charge in [-0.15, -0.1) is 0 Å². The van der Waals surface area contributed by atoms with Crippen LogP contribution in [0, 0.1) is 0 Å². The average Bonchev–Trinajstić information content (AvgIpc) is 2.69. The summed E-state index contributed by atoms with van der Waals surface area (Å²) in [5, 5.41) is 0. The number of halogens is 1. The minimum atomic E-state index is 1.03. The molecule has 0 aromatic heterocycles. The summed E-state index contributed by atoms with van der Waals surface area (Å²) >= 11 is 2.40. The highest BCUT2D eigenvalue weighted by atomic mass is 127. The molecule has 1 aromatic carbocycles. The van der Waals surface area contributed by atoms with Gasteiger partial charge >= 0.3 is 11.5 Å². The summed E-state index contributed by atoms with van der Waals surface area (Å²) in [4.78, 5) is 0. The largest absolute Gasteiger partial charge is 0.374 e. The molecule has 0 atom stereocenters. The summed E-state index contributed by atoms with van der Waals surface area (Å²) in [7, 11) is 0. The van der Waals surface area contributed by atoms with Crippen LogP contribution in [-0.2, 0) is 4.42 Å². The Kier molecular flexibility index (Phi) is 2.67. The molecule has 0 saturated heterocycles. The van der Waals surface area contributed by atoms with Gasteiger partial charge in [0.1, 0.15) is 3.58 Å². The van der Waals surface area contributed by atoms with Crippen LogP contribution in [0.25, 0.3) is 5.76 Å². The van der Waals surface area contributed by atoms with Crippen LogP contribution in [0.2, 0.25) is 0 Å². The minimum absolute atomic E-state index is 1.03. The number of fused-ring (bicyclic) bond motifs is 1. The third-order valence-electron chi connectivity index (χ3n) is 2.95. The summed E-state index contributed by atoms with van der Waals surface area (Å²) in [6.07, 6.45) is 5.77. The highest BCUT2D eigenvalue weighted by Gasteiger charge is 2.37. The maximum absolute atomic E-state index is 5.98. The van der Waals surface area contributed by atoms with Gasteiger partial charge in [0.05, 0.1) is 17.6 Å². The molecule has 0 N–H and O–H groups in total. The van der Waals surface area contributed by atoms with E-state index in [1.54, 1.807) is 0 Å². The molecule has 0 amide bonds. The Bertz CT molecular complexity index is 509. The van der Waals surface area contributed by atoms with Crippen molar-refractivity contribution in [1.29, 1.82) is 0 Å². The van der Waals surface area contributed by atoms with Crippen molar-refractivity contribution >= 4 is 34.1 Å². The zero-order valence-corrected chi connectivity index (χ0v) is 11.0. The van der Waals surface area contributed by atoms with Crippen LogP contribution in [0.5, 0.6) is 0 Å². The predicted octanol–water partition coefficient (Wildman–Crippen LogP) is 4.02. The van der Waals surface area contributed by atoms with Gasteiger partial charge < -0.3 is 0 Å². The third-order valence-corrected chi connectivity index (χ3v) is 4.02.